The monoisotopic (exact) mass is 347 g/mol. The number of ether oxygens (including phenoxy) is 1. The molecule has 0 atom stereocenters. The first-order valence-corrected chi connectivity index (χ1v) is 7.41. The van der Waals surface area contributed by atoms with Crippen LogP contribution in [-0.2, 0) is 6.54 Å². The van der Waals surface area contributed by atoms with Crippen molar-refractivity contribution in [2.24, 2.45) is 0 Å². The molecule has 1 aromatic heterocycles. The van der Waals surface area contributed by atoms with Crippen molar-refractivity contribution in [3.05, 3.63) is 39.8 Å². The third-order valence-corrected chi connectivity index (χ3v) is 3.50. The predicted octanol–water partition coefficient (Wildman–Crippen LogP) is 4.06. The molecule has 0 saturated carbocycles. The van der Waals surface area contributed by atoms with E-state index in [0.29, 0.717) is 6.54 Å². The number of nitrogens with zero attached hydrogens (tertiary/aromatic N) is 2. The molecule has 0 fully saturated rings. The zero-order valence-electron chi connectivity index (χ0n) is 11.4. The molecule has 0 aliphatic rings. The molecule has 0 spiro atoms. The number of alkyl halides is 2. The summed E-state index contributed by atoms with van der Waals surface area (Å²) in [6.07, 6.45) is 0. The predicted molar refractivity (Wildman–Crippen MR) is 80.7 cm³/mol. The van der Waals surface area contributed by atoms with Gasteiger partial charge in [-0.15, -0.1) is 11.3 Å². The summed E-state index contributed by atoms with van der Waals surface area (Å²) in [7, 11) is 1.57. The number of benzene rings is 1. The molecule has 1 heterocycles. The first-order chi connectivity index (χ1) is 10.5. The number of anilines is 1. The first kappa shape index (κ1) is 16.4. The number of aromatic nitrogens is 1. The van der Waals surface area contributed by atoms with Crippen molar-refractivity contribution in [3.63, 3.8) is 0 Å². The molecule has 0 aliphatic carbocycles. The fourth-order valence-corrected chi connectivity index (χ4v) is 2.35. The Balaban J connectivity index is 2.07. The number of carbonyl (C=O) groups excluding carboxylic acids is 1. The summed E-state index contributed by atoms with van der Waals surface area (Å²) in [4.78, 5) is 17.5. The van der Waals surface area contributed by atoms with Gasteiger partial charge in [-0.2, -0.15) is 8.78 Å². The van der Waals surface area contributed by atoms with Crippen LogP contribution < -0.4 is 10.1 Å². The van der Waals surface area contributed by atoms with E-state index in [0.717, 1.165) is 5.69 Å². The van der Waals surface area contributed by atoms with Crippen LogP contribution in [0.1, 0.15) is 5.69 Å². The molecule has 1 aromatic carbocycles. The number of thiazole rings is 1. The highest BCUT2D eigenvalue weighted by atomic mass is 35.5. The van der Waals surface area contributed by atoms with E-state index in [4.69, 9.17) is 11.6 Å². The lowest BCUT2D eigenvalue weighted by atomic mass is 10.3. The van der Waals surface area contributed by atoms with Gasteiger partial charge >= 0.3 is 12.6 Å². The third kappa shape index (κ3) is 4.54. The van der Waals surface area contributed by atoms with Crippen LogP contribution in [0.4, 0.5) is 19.3 Å². The molecule has 0 radical (unpaired) electrons. The number of hydrogen-bond donors (Lipinski definition) is 1. The van der Waals surface area contributed by atoms with E-state index in [1.807, 2.05) is 5.38 Å². The molecule has 5 nitrogen and oxygen atoms in total. The average molecular weight is 348 g/mol. The van der Waals surface area contributed by atoms with Crippen molar-refractivity contribution in [2.75, 3.05) is 12.4 Å². The summed E-state index contributed by atoms with van der Waals surface area (Å²) in [5.74, 6) is -0.196. The lowest BCUT2D eigenvalue weighted by Gasteiger charge is -2.18. The summed E-state index contributed by atoms with van der Waals surface area (Å²) in [5, 5.41) is 4.54. The van der Waals surface area contributed by atoms with Gasteiger partial charge in [0.2, 0.25) is 0 Å². The minimum atomic E-state index is -3.01. The molecular formula is C13H12ClF2N3O2S. The van der Waals surface area contributed by atoms with Crippen molar-refractivity contribution in [2.45, 2.75) is 13.2 Å². The second kappa shape index (κ2) is 7.37. The van der Waals surface area contributed by atoms with Crippen LogP contribution in [-0.4, -0.2) is 29.6 Å². The number of amides is 2. The lowest BCUT2D eigenvalue weighted by molar-refractivity contribution is -0.0493. The number of halogens is 3. The molecule has 2 rings (SSSR count). The lowest BCUT2D eigenvalue weighted by Crippen LogP contribution is -2.31. The zero-order chi connectivity index (χ0) is 16.1. The second-order valence-electron chi connectivity index (χ2n) is 4.28. The van der Waals surface area contributed by atoms with Crippen molar-refractivity contribution < 1.29 is 18.3 Å². The second-order valence-corrected chi connectivity index (χ2v) is 5.44. The van der Waals surface area contributed by atoms with Crippen LogP contribution in [0.2, 0.25) is 5.02 Å². The van der Waals surface area contributed by atoms with E-state index in [-0.39, 0.29) is 16.5 Å². The van der Waals surface area contributed by atoms with Gasteiger partial charge in [0.05, 0.1) is 23.4 Å². The highest BCUT2D eigenvalue weighted by Gasteiger charge is 2.15. The minimum absolute atomic E-state index is 0.111. The summed E-state index contributed by atoms with van der Waals surface area (Å²) in [6, 6.07) is 3.60. The Morgan fingerprint density at radius 1 is 1.55 bits per heavy atom. The highest BCUT2D eigenvalue weighted by molar-refractivity contribution is 7.07. The van der Waals surface area contributed by atoms with Crippen molar-refractivity contribution in [1.82, 2.24) is 9.88 Å². The topological polar surface area (TPSA) is 54.5 Å². The van der Waals surface area contributed by atoms with Crippen molar-refractivity contribution in [1.29, 1.82) is 0 Å². The molecule has 9 heteroatoms. The molecule has 2 amide bonds. The van der Waals surface area contributed by atoms with E-state index in [1.54, 1.807) is 12.6 Å². The van der Waals surface area contributed by atoms with Gasteiger partial charge < -0.3 is 15.0 Å². The van der Waals surface area contributed by atoms with E-state index >= 15 is 0 Å². The minimum Gasteiger partial charge on any atom is -0.433 e. The molecule has 2 aromatic rings. The van der Waals surface area contributed by atoms with Crippen LogP contribution in [0, 0.1) is 0 Å². The van der Waals surface area contributed by atoms with Gasteiger partial charge in [-0.25, -0.2) is 9.78 Å². The Bertz CT molecular complexity index is 640. The van der Waals surface area contributed by atoms with Crippen LogP contribution in [0.5, 0.6) is 5.75 Å². The molecule has 0 saturated heterocycles. The smallest absolute Gasteiger partial charge is 0.387 e. The Morgan fingerprint density at radius 2 is 2.32 bits per heavy atom. The van der Waals surface area contributed by atoms with Crippen LogP contribution >= 0.6 is 22.9 Å². The van der Waals surface area contributed by atoms with Crippen molar-refractivity contribution in [3.8, 4) is 5.75 Å². The Hall–Kier alpha value is -1.93. The Morgan fingerprint density at radius 3 is 2.95 bits per heavy atom. The van der Waals surface area contributed by atoms with Crippen molar-refractivity contribution >= 4 is 34.7 Å². The molecular weight excluding hydrogens is 336 g/mol. The summed E-state index contributed by atoms with van der Waals surface area (Å²) >= 11 is 7.16. The van der Waals surface area contributed by atoms with E-state index in [9.17, 15) is 13.6 Å². The number of hydrogen-bond acceptors (Lipinski definition) is 4. The van der Waals surface area contributed by atoms with Gasteiger partial charge in [-0.05, 0) is 12.1 Å². The van der Waals surface area contributed by atoms with Crippen LogP contribution in [0.15, 0.2) is 29.1 Å². The van der Waals surface area contributed by atoms with Crippen LogP contribution in [0.25, 0.3) is 0 Å². The largest absolute Gasteiger partial charge is 0.433 e. The molecule has 0 aliphatic heterocycles. The molecule has 0 unspecified atom stereocenters. The first-order valence-electron chi connectivity index (χ1n) is 6.09. The van der Waals surface area contributed by atoms with Gasteiger partial charge in [-0.3, -0.25) is 0 Å². The number of nitrogens with one attached hydrogen (secondary N) is 1. The van der Waals surface area contributed by atoms with E-state index in [1.165, 1.54) is 34.4 Å². The van der Waals surface area contributed by atoms with Gasteiger partial charge in [0.25, 0.3) is 0 Å². The normalized spacial score (nSPS) is 10.6. The van der Waals surface area contributed by atoms with Crippen LogP contribution in [0.3, 0.4) is 0 Å². The molecule has 22 heavy (non-hydrogen) atoms. The molecule has 118 valence electrons. The van der Waals surface area contributed by atoms with Gasteiger partial charge in [0, 0.05) is 23.5 Å². The maximum Gasteiger partial charge on any atom is 0.387 e. The Kier molecular flexibility index (Phi) is 5.51. The van der Waals surface area contributed by atoms with Gasteiger partial charge in [-0.1, -0.05) is 11.6 Å². The van der Waals surface area contributed by atoms with Gasteiger partial charge in [0.1, 0.15) is 0 Å². The summed E-state index contributed by atoms with van der Waals surface area (Å²) in [6.45, 7) is -2.71. The molecule has 0 bridgehead atoms. The average Bonchev–Trinajstić information content (AvgIpc) is 2.94. The van der Waals surface area contributed by atoms with E-state index < -0.39 is 12.6 Å². The maximum absolute atomic E-state index is 12.4. The quantitative estimate of drug-likeness (QED) is 0.887. The number of urea groups is 1. The van der Waals surface area contributed by atoms with E-state index in [2.05, 4.69) is 15.0 Å². The third-order valence-electron chi connectivity index (χ3n) is 2.63. The standard InChI is InChI=1S/C13H12ClF2N3O2S/c1-19(5-9-6-22-7-17-9)13(20)18-10-3-2-8(14)4-11(10)21-12(15)16/h2-4,6-7,12H,5H2,1H3,(H,18,20). The fraction of sp³-hybridized carbons (Fsp3) is 0.231. The zero-order valence-corrected chi connectivity index (χ0v) is 13.0. The SMILES string of the molecule is CN(Cc1cscn1)C(=O)Nc1ccc(Cl)cc1OC(F)F. The number of rotatable bonds is 5. The summed E-state index contributed by atoms with van der Waals surface area (Å²) in [5.41, 5.74) is 2.51. The maximum atomic E-state index is 12.4. The fourth-order valence-electron chi connectivity index (χ4n) is 1.63. The highest BCUT2D eigenvalue weighted by Crippen LogP contribution is 2.29. The summed E-state index contributed by atoms with van der Waals surface area (Å²) < 4.78 is 29.1. The number of carbonyl (C=O) groups is 1. The molecule has 1 N–H and O–H groups in total. The van der Waals surface area contributed by atoms with Gasteiger partial charge in [0.15, 0.2) is 5.75 Å². The Labute approximate surface area is 134 Å².